The highest BCUT2D eigenvalue weighted by Crippen LogP contribution is 2.53. The van der Waals surface area contributed by atoms with Crippen molar-refractivity contribution in [1.29, 1.82) is 0 Å². The van der Waals surface area contributed by atoms with Crippen molar-refractivity contribution in [3.05, 3.63) is 24.3 Å². The molecule has 4 heteroatoms. The summed E-state index contributed by atoms with van der Waals surface area (Å²) in [6.07, 6.45) is 7.61. The summed E-state index contributed by atoms with van der Waals surface area (Å²) in [5.41, 5.74) is 4.22. The van der Waals surface area contributed by atoms with Crippen LogP contribution in [0.15, 0.2) is 18.7 Å². The molecular weight excluding hydrogens is 164 g/mol. The molecule has 1 aromatic rings. The molecule has 4 nitrogen and oxygen atoms in total. The van der Waals surface area contributed by atoms with E-state index < -0.39 is 0 Å². The van der Waals surface area contributed by atoms with Gasteiger partial charge in [-0.3, -0.25) is 11.3 Å². The SMILES string of the molecule is CC1(C(NN)c2cncnc2)CC1. The molecule has 1 atom stereocenters. The molecule has 1 saturated carbocycles. The lowest BCUT2D eigenvalue weighted by Gasteiger charge is -2.21. The highest BCUT2D eigenvalue weighted by molar-refractivity contribution is 5.16. The molecule has 0 spiro atoms. The Morgan fingerprint density at radius 1 is 1.46 bits per heavy atom. The van der Waals surface area contributed by atoms with E-state index in [9.17, 15) is 0 Å². The van der Waals surface area contributed by atoms with Crippen molar-refractivity contribution < 1.29 is 0 Å². The van der Waals surface area contributed by atoms with Gasteiger partial charge in [-0.1, -0.05) is 6.92 Å². The standard InChI is InChI=1S/C9H14N4/c1-9(2-3-9)8(13-10)7-4-11-6-12-5-7/h4-6,8,13H,2-3,10H2,1H3. The van der Waals surface area contributed by atoms with Gasteiger partial charge in [-0.25, -0.2) is 9.97 Å². The Morgan fingerprint density at radius 3 is 2.54 bits per heavy atom. The second kappa shape index (κ2) is 3.05. The van der Waals surface area contributed by atoms with Crippen molar-refractivity contribution in [2.45, 2.75) is 25.8 Å². The Hall–Kier alpha value is -1.00. The number of nitrogens with one attached hydrogen (secondary N) is 1. The number of nitrogens with two attached hydrogens (primary N) is 1. The largest absolute Gasteiger partial charge is 0.271 e. The van der Waals surface area contributed by atoms with Gasteiger partial charge in [0.25, 0.3) is 0 Å². The van der Waals surface area contributed by atoms with Crippen LogP contribution >= 0.6 is 0 Å². The molecule has 0 aliphatic heterocycles. The Labute approximate surface area is 77.5 Å². The highest BCUT2D eigenvalue weighted by atomic mass is 15.2. The van der Waals surface area contributed by atoms with Gasteiger partial charge in [0.2, 0.25) is 0 Å². The molecule has 1 fully saturated rings. The fourth-order valence-corrected chi connectivity index (χ4v) is 1.65. The minimum Gasteiger partial charge on any atom is -0.271 e. The molecule has 2 rings (SSSR count). The van der Waals surface area contributed by atoms with Gasteiger partial charge >= 0.3 is 0 Å². The smallest absolute Gasteiger partial charge is 0.115 e. The van der Waals surface area contributed by atoms with Crippen LogP contribution in [0.4, 0.5) is 0 Å². The van der Waals surface area contributed by atoms with E-state index in [4.69, 9.17) is 5.84 Å². The van der Waals surface area contributed by atoms with E-state index in [-0.39, 0.29) is 6.04 Å². The van der Waals surface area contributed by atoms with E-state index in [0.29, 0.717) is 5.41 Å². The van der Waals surface area contributed by atoms with Crippen LogP contribution in [0.3, 0.4) is 0 Å². The first kappa shape index (κ1) is 8.59. The molecular formula is C9H14N4. The monoisotopic (exact) mass is 178 g/mol. The average molecular weight is 178 g/mol. The molecule has 1 aliphatic rings. The normalized spacial score (nSPS) is 21.1. The Morgan fingerprint density at radius 2 is 2.08 bits per heavy atom. The van der Waals surface area contributed by atoms with E-state index >= 15 is 0 Å². The molecule has 3 N–H and O–H groups in total. The van der Waals surface area contributed by atoms with Crippen LogP contribution in [-0.4, -0.2) is 9.97 Å². The number of hydrogen-bond acceptors (Lipinski definition) is 4. The summed E-state index contributed by atoms with van der Waals surface area (Å²) in [6, 6.07) is 0.189. The van der Waals surface area contributed by atoms with Gasteiger partial charge in [0.1, 0.15) is 6.33 Å². The van der Waals surface area contributed by atoms with Crippen molar-refractivity contribution in [3.8, 4) is 0 Å². The van der Waals surface area contributed by atoms with Gasteiger partial charge in [-0.2, -0.15) is 0 Å². The van der Waals surface area contributed by atoms with Crippen LogP contribution in [0.5, 0.6) is 0 Å². The van der Waals surface area contributed by atoms with E-state index in [2.05, 4.69) is 22.3 Å². The zero-order valence-electron chi connectivity index (χ0n) is 7.70. The fourth-order valence-electron chi connectivity index (χ4n) is 1.65. The third-order valence-electron chi connectivity index (χ3n) is 2.82. The van der Waals surface area contributed by atoms with Crippen LogP contribution in [0.1, 0.15) is 31.4 Å². The van der Waals surface area contributed by atoms with Crippen LogP contribution in [0.25, 0.3) is 0 Å². The molecule has 0 radical (unpaired) electrons. The predicted octanol–water partition coefficient (Wildman–Crippen LogP) is 0.781. The first-order chi connectivity index (χ1) is 6.26. The van der Waals surface area contributed by atoms with E-state index in [1.54, 1.807) is 0 Å². The van der Waals surface area contributed by atoms with Crippen molar-refractivity contribution in [1.82, 2.24) is 15.4 Å². The zero-order chi connectivity index (χ0) is 9.31. The van der Waals surface area contributed by atoms with Crippen molar-refractivity contribution >= 4 is 0 Å². The van der Waals surface area contributed by atoms with Gasteiger partial charge in [-0.05, 0) is 18.3 Å². The number of nitrogens with zero attached hydrogens (tertiary/aromatic N) is 2. The summed E-state index contributed by atoms with van der Waals surface area (Å²) in [7, 11) is 0. The highest BCUT2D eigenvalue weighted by Gasteiger charge is 2.45. The van der Waals surface area contributed by atoms with Crippen molar-refractivity contribution in [3.63, 3.8) is 0 Å². The van der Waals surface area contributed by atoms with Crippen LogP contribution in [-0.2, 0) is 0 Å². The Kier molecular flexibility index (Phi) is 2.01. The molecule has 1 unspecified atom stereocenters. The number of hydrogen-bond donors (Lipinski definition) is 2. The average Bonchev–Trinajstić information content (AvgIpc) is 2.87. The summed E-state index contributed by atoms with van der Waals surface area (Å²) in [6.45, 7) is 2.23. The molecule has 1 heterocycles. The van der Waals surface area contributed by atoms with Crippen LogP contribution in [0, 0.1) is 5.41 Å². The second-order valence-electron chi connectivity index (χ2n) is 3.93. The molecule has 1 aliphatic carbocycles. The van der Waals surface area contributed by atoms with Crippen molar-refractivity contribution in [2.24, 2.45) is 11.3 Å². The quantitative estimate of drug-likeness (QED) is 0.530. The molecule has 0 amide bonds. The van der Waals surface area contributed by atoms with Gasteiger partial charge < -0.3 is 0 Å². The van der Waals surface area contributed by atoms with E-state index in [0.717, 1.165) is 5.56 Å². The Balaban J connectivity index is 2.23. The molecule has 0 saturated heterocycles. The predicted molar refractivity (Wildman–Crippen MR) is 49.4 cm³/mol. The van der Waals surface area contributed by atoms with Crippen molar-refractivity contribution in [2.75, 3.05) is 0 Å². The first-order valence-electron chi connectivity index (χ1n) is 4.47. The summed E-state index contributed by atoms with van der Waals surface area (Å²) in [5, 5.41) is 0. The van der Waals surface area contributed by atoms with Gasteiger partial charge in [0, 0.05) is 18.0 Å². The lowest BCUT2D eigenvalue weighted by atomic mass is 9.94. The number of rotatable bonds is 3. The minimum atomic E-state index is 0.189. The van der Waals surface area contributed by atoms with Gasteiger partial charge in [0.15, 0.2) is 0 Å². The maximum Gasteiger partial charge on any atom is 0.115 e. The molecule has 0 bridgehead atoms. The van der Waals surface area contributed by atoms with E-state index in [1.165, 1.54) is 19.2 Å². The zero-order valence-corrected chi connectivity index (χ0v) is 7.70. The van der Waals surface area contributed by atoms with Gasteiger partial charge in [-0.15, -0.1) is 0 Å². The summed E-state index contributed by atoms with van der Waals surface area (Å²) in [5.74, 6) is 5.53. The molecule has 70 valence electrons. The second-order valence-corrected chi connectivity index (χ2v) is 3.93. The van der Waals surface area contributed by atoms with E-state index in [1.807, 2.05) is 12.4 Å². The molecule has 0 aromatic carbocycles. The molecule has 1 aromatic heterocycles. The lowest BCUT2D eigenvalue weighted by Crippen LogP contribution is -2.33. The summed E-state index contributed by atoms with van der Waals surface area (Å²) < 4.78 is 0. The third-order valence-corrected chi connectivity index (χ3v) is 2.82. The lowest BCUT2D eigenvalue weighted by molar-refractivity contribution is 0.370. The first-order valence-corrected chi connectivity index (χ1v) is 4.47. The Bertz CT molecular complexity index is 281. The summed E-state index contributed by atoms with van der Waals surface area (Å²) in [4.78, 5) is 7.98. The number of hydrazine groups is 1. The maximum absolute atomic E-state index is 5.53. The minimum absolute atomic E-state index is 0.189. The molecule has 13 heavy (non-hydrogen) atoms. The topological polar surface area (TPSA) is 63.8 Å². The summed E-state index contributed by atoms with van der Waals surface area (Å²) >= 11 is 0. The third kappa shape index (κ3) is 1.55. The maximum atomic E-state index is 5.53. The van der Waals surface area contributed by atoms with Crippen LogP contribution in [0.2, 0.25) is 0 Å². The fraction of sp³-hybridized carbons (Fsp3) is 0.556. The number of aromatic nitrogens is 2. The van der Waals surface area contributed by atoms with Gasteiger partial charge in [0.05, 0.1) is 6.04 Å². The van der Waals surface area contributed by atoms with Crippen LogP contribution < -0.4 is 11.3 Å².